The van der Waals surface area contributed by atoms with E-state index in [1.54, 1.807) is 37.7 Å². The van der Waals surface area contributed by atoms with Gasteiger partial charge in [-0.1, -0.05) is 58.1 Å². The molecule has 1 saturated carbocycles. The van der Waals surface area contributed by atoms with Crippen LogP contribution in [0.1, 0.15) is 81.7 Å². The summed E-state index contributed by atoms with van der Waals surface area (Å²) < 4.78 is 30.4. The maximum atomic E-state index is 13.8. The van der Waals surface area contributed by atoms with Crippen molar-refractivity contribution in [2.45, 2.75) is 89.5 Å². The molecule has 8 heteroatoms. The summed E-state index contributed by atoms with van der Waals surface area (Å²) in [6, 6.07) is 7.54. The van der Waals surface area contributed by atoms with Crippen LogP contribution in [0.2, 0.25) is 0 Å². The average molecular weight is 475 g/mol. The predicted octanol–water partition coefficient (Wildman–Crippen LogP) is 4.58. The van der Waals surface area contributed by atoms with Gasteiger partial charge in [-0.2, -0.15) is 5.10 Å². The second kappa shape index (κ2) is 10.7. The number of aromatic nitrogens is 2. The zero-order chi connectivity index (χ0) is 24.2. The quantitative estimate of drug-likeness (QED) is 0.636. The zero-order valence-corrected chi connectivity index (χ0v) is 21.4. The lowest BCUT2D eigenvalue weighted by molar-refractivity contribution is -0.120. The minimum atomic E-state index is -3.99. The zero-order valence-electron chi connectivity index (χ0n) is 20.6. The highest BCUT2D eigenvalue weighted by atomic mass is 32.2. The van der Waals surface area contributed by atoms with Crippen LogP contribution < -0.4 is 9.62 Å². The number of hydrogen-bond donors (Lipinski definition) is 1. The highest BCUT2D eigenvalue weighted by molar-refractivity contribution is 7.93. The molecule has 3 rings (SSSR count). The van der Waals surface area contributed by atoms with Crippen molar-refractivity contribution >= 4 is 21.6 Å². The number of nitrogens with one attached hydrogen (secondary N) is 1. The molecule has 0 unspecified atom stereocenters. The average Bonchev–Trinajstić information content (AvgIpc) is 3.00. The molecular weight excluding hydrogens is 436 g/mol. The summed E-state index contributed by atoms with van der Waals surface area (Å²) in [5, 5.41) is 7.40. The molecule has 0 bridgehead atoms. The van der Waals surface area contributed by atoms with Gasteiger partial charge >= 0.3 is 0 Å². The minimum absolute atomic E-state index is 0.104. The number of anilines is 1. The van der Waals surface area contributed by atoms with Crippen molar-refractivity contribution in [2.24, 2.45) is 7.05 Å². The van der Waals surface area contributed by atoms with Gasteiger partial charge in [-0.15, -0.1) is 0 Å². The number of hydrogen-bond acceptors (Lipinski definition) is 4. The first-order valence-electron chi connectivity index (χ1n) is 12.0. The standard InChI is InChI=1S/C25H38N4O3S/c1-18(2)21-13-15-23(16-14-21)29(33(31,32)25-19(3)27-28(5)20(25)4)17-24(30)26-22-11-9-7-6-8-10-12-22/h13-16,18,22H,6-12,17H2,1-5H3,(H,26,30). The third kappa shape index (κ3) is 5.96. The first-order chi connectivity index (χ1) is 15.6. The number of aryl methyl sites for hydroxylation is 2. The van der Waals surface area contributed by atoms with E-state index in [0.29, 0.717) is 23.0 Å². The monoisotopic (exact) mass is 474 g/mol. The van der Waals surface area contributed by atoms with Gasteiger partial charge in [-0.3, -0.25) is 13.8 Å². The maximum absolute atomic E-state index is 13.8. The van der Waals surface area contributed by atoms with Gasteiger partial charge in [-0.25, -0.2) is 8.42 Å². The Morgan fingerprint density at radius 2 is 1.67 bits per heavy atom. The highest BCUT2D eigenvalue weighted by Crippen LogP contribution is 2.29. The van der Waals surface area contributed by atoms with Crippen molar-refractivity contribution in [1.29, 1.82) is 0 Å². The van der Waals surface area contributed by atoms with Gasteiger partial charge in [0.1, 0.15) is 11.4 Å². The summed E-state index contributed by atoms with van der Waals surface area (Å²) in [5.41, 5.74) is 2.58. The van der Waals surface area contributed by atoms with Gasteiger partial charge in [0.25, 0.3) is 10.0 Å². The van der Waals surface area contributed by atoms with Gasteiger partial charge in [0.15, 0.2) is 0 Å². The summed E-state index contributed by atoms with van der Waals surface area (Å²) in [6.45, 7) is 7.35. The van der Waals surface area contributed by atoms with Crippen molar-refractivity contribution in [3.05, 3.63) is 41.2 Å². The normalized spacial score (nSPS) is 15.8. The molecular formula is C25H38N4O3S. The first-order valence-corrected chi connectivity index (χ1v) is 13.5. The summed E-state index contributed by atoms with van der Waals surface area (Å²) in [7, 11) is -2.26. The minimum Gasteiger partial charge on any atom is -0.352 e. The maximum Gasteiger partial charge on any atom is 0.268 e. The van der Waals surface area contributed by atoms with Crippen LogP contribution >= 0.6 is 0 Å². The van der Waals surface area contributed by atoms with Crippen LogP contribution in [0.25, 0.3) is 0 Å². The number of carbonyl (C=O) groups excluding carboxylic acids is 1. The fourth-order valence-electron chi connectivity index (χ4n) is 4.58. The molecule has 1 aliphatic rings. The third-order valence-electron chi connectivity index (χ3n) is 6.60. The largest absolute Gasteiger partial charge is 0.352 e. The summed E-state index contributed by atoms with van der Waals surface area (Å²) >= 11 is 0. The molecule has 1 aromatic carbocycles. The van der Waals surface area contributed by atoms with Gasteiger partial charge in [0.05, 0.1) is 17.1 Å². The van der Waals surface area contributed by atoms with E-state index in [0.717, 1.165) is 31.2 Å². The molecule has 33 heavy (non-hydrogen) atoms. The molecule has 1 amide bonds. The van der Waals surface area contributed by atoms with E-state index >= 15 is 0 Å². The topological polar surface area (TPSA) is 84.3 Å². The number of benzene rings is 1. The second-order valence-electron chi connectivity index (χ2n) is 9.49. The molecule has 1 N–H and O–H groups in total. The molecule has 0 saturated heterocycles. The van der Waals surface area contributed by atoms with Crippen LogP contribution in [0.3, 0.4) is 0 Å². The van der Waals surface area contributed by atoms with Crippen LogP contribution in [0, 0.1) is 13.8 Å². The number of carbonyl (C=O) groups is 1. The smallest absolute Gasteiger partial charge is 0.268 e. The van der Waals surface area contributed by atoms with E-state index in [-0.39, 0.29) is 23.4 Å². The lowest BCUT2D eigenvalue weighted by Gasteiger charge is -2.27. The summed E-state index contributed by atoms with van der Waals surface area (Å²) in [5.74, 6) is 0.0609. The van der Waals surface area contributed by atoms with E-state index in [2.05, 4.69) is 24.3 Å². The summed E-state index contributed by atoms with van der Waals surface area (Å²) in [6.07, 6.45) is 7.71. The Balaban J connectivity index is 1.92. The Morgan fingerprint density at radius 1 is 1.09 bits per heavy atom. The lowest BCUT2D eigenvalue weighted by Crippen LogP contribution is -2.44. The molecule has 0 atom stereocenters. The summed E-state index contributed by atoms with van der Waals surface area (Å²) in [4.78, 5) is 13.2. The molecule has 1 aromatic heterocycles. The van der Waals surface area contributed by atoms with Crippen molar-refractivity contribution in [3.63, 3.8) is 0 Å². The Morgan fingerprint density at radius 3 is 2.18 bits per heavy atom. The van der Waals surface area contributed by atoms with E-state index in [1.807, 2.05) is 12.1 Å². The van der Waals surface area contributed by atoms with Crippen molar-refractivity contribution in [1.82, 2.24) is 15.1 Å². The molecule has 7 nitrogen and oxygen atoms in total. The Hall–Kier alpha value is -2.35. The first kappa shape index (κ1) is 25.3. The van der Waals surface area contributed by atoms with E-state index in [1.165, 1.54) is 23.6 Å². The van der Waals surface area contributed by atoms with Crippen LogP contribution in [0.15, 0.2) is 29.2 Å². The van der Waals surface area contributed by atoms with Crippen molar-refractivity contribution in [2.75, 3.05) is 10.8 Å². The molecule has 0 aliphatic heterocycles. The Labute approximate surface area is 198 Å². The number of sulfonamides is 1. The molecule has 0 spiro atoms. The predicted molar refractivity (Wildman–Crippen MR) is 132 cm³/mol. The van der Waals surface area contributed by atoms with E-state index in [9.17, 15) is 13.2 Å². The van der Waals surface area contributed by atoms with E-state index in [4.69, 9.17) is 0 Å². The molecule has 1 heterocycles. The molecule has 2 aromatic rings. The molecule has 0 radical (unpaired) electrons. The van der Waals surface area contributed by atoms with Crippen LogP contribution in [-0.4, -0.2) is 36.7 Å². The molecule has 1 aliphatic carbocycles. The van der Waals surface area contributed by atoms with Gasteiger partial charge in [0, 0.05) is 13.1 Å². The van der Waals surface area contributed by atoms with Crippen LogP contribution in [0.4, 0.5) is 5.69 Å². The Kier molecular flexibility index (Phi) is 8.21. The van der Waals surface area contributed by atoms with Gasteiger partial charge < -0.3 is 5.32 Å². The number of amides is 1. The third-order valence-corrected chi connectivity index (χ3v) is 8.62. The Bertz CT molecular complexity index is 1050. The van der Waals surface area contributed by atoms with Gasteiger partial charge in [-0.05, 0) is 50.3 Å². The molecule has 1 fully saturated rings. The second-order valence-corrected chi connectivity index (χ2v) is 11.3. The molecule has 182 valence electrons. The fourth-order valence-corrected chi connectivity index (χ4v) is 6.41. The van der Waals surface area contributed by atoms with Crippen molar-refractivity contribution < 1.29 is 13.2 Å². The fraction of sp³-hybridized carbons (Fsp3) is 0.600. The number of rotatable bonds is 7. The number of nitrogens with zero attached hydrogens (tertiary/aromatic N) is 3. The van der Waals surface area contributed by atoms with Crippen LogP contribution in [-0.2, 0) is 21.9 Å². The van der Waals surface area contributed by atoms with Crippen LogP contribution in [0.5, 0.6) is 0 Å². The highest BCUT2D eigenvalue weighted by Gasteiger charge is 2.33. The van der Waals surface area contributed by atoms with Gasteiger partial charge in [0.2, 0.25) is 5.91 Å². The SMILES string of the molecule is Cc1nn(C)c(C)c1S(=O)(=O)N(CC(=O)NC1CCCCCCC1)c1ccc(C(C)C)cc1. The van der Waals surface area contributed by atoms with E-state index < -0.39 is 10.0 Å². The lowest BCUT2D eigenvalue weighted by atomic mass is 9.97. The van der Waals surface area contributed by atoms with Crippen molar-refractivity contribution in [3.8, 4) is 0 Å².